The predicted molar refractivity (Wildman–Crippen MR) is 84.1 cm³/mol. The molecule has 2 N–H and O–H groups in total. The van der Waals surface area contributed by atoms with E-state index in [-0.39, 0.29) is 30.3 Å². The lowest BCUT2D eigenvalue weighted by Gasteiger charge is -2.05. The maximum absolute atomic E-state index is 12.1. The van der Waals surface area contributed by atoms with E-state index in [1.807, 2.05) is 19.9 Å². The van der Waals surface area contributed by atoms with Crippen molar-refractivity contribution in [1.82, 2.24) is 0 Å². The maximum atomic E-state index is 12.1. The summed E-state index contributed by atoms with van der Waals surface area (Å²) in [6.45, 7) is 3.88. The number of hydrogen-bond donors (Lipinski definition) is 2. The zero-order chi connectivity index (χ0) is 15.4. The van der Waals surface area contributed by atoms with Gasteiger partial charge in [0.1, 0.15) is 5.75 Å². The van der Waals surface area contributed by atoms with Crippen molar-refractivity contribution < 1.29 is 14.7 Å². The van der Waals surface area contributed by atoms with E-state index in [1.165, 1.54) is 12.1 Å². The molecule has 2 aromatic rings. The number of carbonyl (C=O) groups is 2. The highest BCUT2D eigenvalue weighted by Gasteiger charge is 2.13. The number of nitrogens with one attached hydrogen (secondary N) is 1. The van der Waals surface area contributed by atoms with Crippen molar-refractivity contribution in [2.45, 2.75) is 26.7 Å². The molecule has 1 aromatic heterocycles. The second-order valence-corrected chi connectivity index (χ2v) is 6.31. The van der Waals surface area contributed by atoms with Crippen LogP contribution in [-0.2, 0) is 4.79 Å². The third kappa shape index (κ3) is 4.16. The summed E-state index contributed by atoms with van der Waals surface area (Å²) in [6, 6.07) is 8.20. The second-order valence-electron chi connectivity index (χ2n) is 4.85. The van der Waals surface area contributed by atoms with Gasteiger partial charge in [-0.05, 0) is 32.0 Å². The Bertz CT molecular complexity index is 676. The van der Waals surface area contributed by atoms with Gasteiger partial charge in [0.2, 0.25) is 5.91 Å². The van der Waals surface area contributed by atoms with Crippen molar-refractivity contribution in [1.29, 1.82) is 0 Å². The number of hydrogen-bond acceptors (Lipinski definition) is 4. The number of aromatic hydroxyl groups is 1. The standard InChI is InChI=1S/C16H17NO3S/c1-10-8-14(11(2)21-10)15(19)6-7-16(20)17-12-4-3-5-13(18)9-12/h3-5,8-9,18H,6-7H2,1-2H3,(H,17,20). The largest absolute Gasteiger partial charge is 0.508 e. The first-order valence-electron chi connectivity index (χ1n) is 6.65. The molecule has 0 saturated carbocycles. The third-order valence-corrected chi connectivity index (χ3v) is 4.02. The van der Waals surface area contributed by atoms with E-state index in [2.05, 4.69) is 5.32 Å². The van der Waals surface area contributed by atoms with Crippen LogP contribution in [0.15, 0.2) is 30.3 Å². The smallest absolute Gasteiger partial charge is 0.224 e. The predicted octanol–water partition coefficient (Wildman–Crippen LogP) is 3.67. The Kier molecular flexibility index (Phi) is 4.75. The minimum absolute atomic E-state index is 0.0112. The molecule has 0 saturated heterocycles. The lowest BCUT2D eigenvalue weighted by molar-refractivity contribution is -0.116. The molecule has 110 valence electrons. The van der Waals surface area contributed by atoms with Crippen LogP contribution in [0.4, 0.5) is 5.69 Å². The Hall–Kier alpha value is -2.14. The van der Waals surface area contributed by atoms with Crippen LogP contribution >= 0.6 is 11.3 Å². The highest BCUT2D eigenvalue weighted by atomic mass is 32.1. The fourth-order valence-electron chi connectivity index (χ4n) is 2.08. The monoisotopic (exact) mass is 303 g/mol. The summed E-state index contributed by atoms with van der Waals surface area (Å²) < 4.78 is 0. The number of benzene rings is 1. The van der Waals surface area contributed by atoms with E-state index in [4.69, 9.17) is 0 Å². The summed E-state index contributed by atoms with van der Waals surface area (Å²) in [5, 5.41) is 12.0. The van der Waals surface area contributed by atoms with Crippen LogP contribution in [0.25, 0.3) is 0 Å². The summed E-state index contributed by atoms with van der Waals surface area (Å²) in [7, 11) is 0. The van der Waals surface area contributed by atoms with Gasteiger partial charge in [0.05, 0.1) is 0 Å². The van der Waals surface area contributed by atoms with Crippen molar-refractivity contribution in [3.8, 4) is 5.75 Å². The molecule has 0 fully saturated rings. The number of thiophene rings is 1. The molecule has 5 heteroatoms. The fraction of sp³-hybridized carbons (Fsp3) is 0.250. The van der Waals surface area contributed by atoms with Gasteiger partial charge in [-0.15, -0.1) is 11.3 Å². The topological polar surface area (TPSA) is 66.4 Å². The maximum Gasteiger partial charge on any atom is 0.224 e. The molecule has 0 bridgehead atoms. The third-order valence-electron chi connectivity index (χ3n) is 3.05. The summed E-state index contributed by atoms with van der Waals surface area (Å²) in [5.74, 6) is -0.158. The Morgan fingerprint density at radius 1 is 1.19 bits per heavy atom. The van der Waals surface area contributed by atoms with Gasteiger partial charge >= 0.3 is 0 Å². The van der Waals surface area contributed by atoms with Gasteiger partial charge < -0.3 is 10.4 Å². The first-order valence-corrected chi connectivity index (χ1v) is 7.46. The molecular weight excluding hydrogens is 286 g/mol. The van der Waals surface area contributed by atoms with E-state index in [0.717, 1.165) is 9.75 Å². The van der Waals surface area contributed by atoms with Gasteiger partial charge in [0, 0.05) is 39.9 Å². The lowest BCUT2D eigenvalue weighted by atomic mass is 10.1. The summed E-state index contributed by atoms with van der Waals surface area (Å²) in [5.41, 5.74) is 1.23. The van der Waals surface area contributed by atoms with Gasteiger partial charge in [-0.2, -0.15) is 0 Å². The van der Waals surface area contributed by atoms with Crippen LogP contribution < -0.4 is 5.32 Å². The quantitative estimate of drug-likeness (QED) is 0.828. The molecule has 0 unspecified atom stereocenters. The second kappa shape index (κ2) is 6.54. The average Bonchev–Trinajstić information content (AvgIpc) is 2.75. The number of aryl methyl sites for hydroxylation is 2. The van der Waals surface area contributed by atoms with Gasteiger partial charge in [-0.1, -0.05) is 6.07 Å². The zero-order valence-electron chi connectivity index (χ0n) is 12.0. The molecule has 0 atom stereocenters. The van der Waals surface area contributed by atoms with Gasteiger partial charge in [-0.25, -0.2) is 0 Å². The molecule has 0 radical (unpaired) electrons. The number of rotatable bonds is 5. The molecule has 1 amide bonds. The molecule has 0 spiro atoms. The number of amides is 1. The normalized spacial score (nSPS) is 10.4. The number of carbonyl (C=O) groups excluding carboxylic acids is 2. The van der Waals surface area contributed by atoms with Crippen LogP contribution in [0.1, 0.15) is 33.0 Å². The molecular formula is C16H17NO3S. The lowest BCUT2D eigenvalue weighted by Crippen LogP contribution is -2.13. The van der Waals surface area contributed by atoms with Crippen molar-refractivity contribution in [3.63, 3.8) is 0 Å². The summed E-state index contributed by atoms with van der Waals surface area (Å²) >= 11 is 1.59. The van der Waals surface area contributed by atoms with Crippen molar-refractivity contribution in [2.24, 2.45) is 0 Å². The molecule has 1 heterocycles. The van der Waals surface area contributed by atoms with Crippen LogP contribution in [0.5, 0.6) is 5.75 Å². The van der Waals surface area contributed by atoms with Crippen LogP contribution in [0.3, 0.4) is 0 Å². The summed E-state index contributed by atoms with van der Waals surface area (Å²) in [6.07, 6.45) is 0.310. The van der Waals surface area contributed by atoms with Crippen molar-refractivity contribution in [3.05, 3.63) is 45.6 Å². The van der Waals surface area contributed by atoms with E-state index in [1.54, 1.807) is 23.5 Å². The Morgan fingerprint density at radius 2 is 1.95 bits per heavy atom. The Labute approximate surface area is 127 Å². The molecule has 2 rings (SSSR count). The van der Waals surface area contributed by atoms with Crippen molar-refractivity contribution in [2.75, 3.05) is 5.32 Å². The fourth-order valence-corrected chi connectivity index (χ4v) is 3.02. The Balaban J connectivity index is 1.89. The van der Waals surface area contributed by atoms with E-state index in [0.29, 0.717) is 11.3 Å². The molecule has 0 aliphatic heterocycles. The number of ketones is 1. The SMILES string of the molecule is Cc1cc(C(=O)CCC(=O)Nc2cccc(O)c2)c(C)s1. The minimum atomic E-state index is -0.237. The van der Waals surface area contributed by atoms with Crippen molar-refractivity contribution >= 4 is 28.7 Å². The van der Waals surface area contributed by atoms with Gasteiger partial charge in [0.15, 0.2) is 5.78 Å². The first-order chi connectivity index (χ1) is 9.95. The van der Waals surface area contributed by atoms with Gasteiger partial charge in [-0.3, -0.25) is 9.59 Å². The number of Topliss-reactive ketones (excluding diaryl/α,β-unsaturated/α-hetero) is 1. The van der Waals surface area contributed by atoms with E-state index in [9.17, 15) is 14.7 Å². The van der Waals surface area contributed by atoms with Crippen LogP contribution in [-0.4, -0.2) is 16.8 Å². The number of phenolic OH excluding ortho intramolecular Hbond substituents is 1. The van der Waals surface area contributed by atoms with E-state index < -0.39 is 0 Å². The molecule has 1 aromatic carbocycles. The molecule has 4 nitrogen and oxygen atoms in total. The zero-order valence-corrected chi connectivity index (χ0v) is 12.8. The number of phenols is 1. The molecule has 0 aliphatic carbocycles. The minimum Gasteiger partial charge on any atom is -0.508 e. The number of anilines is 1. The first kappa shape index (κ1) is 15.3. The molecule has 21 heavy (non-hydrogen) atoms. The summed E-state index contributed by atoms with van der Waals surface area (Å²) in [4.78, 5) is 26.0. The average molecular weight is 303 g/mol. The highest BCUT2D eigenvalue weighted by Crippen LogP contribution is 2.22. The van der Waals surface area contributed by atoms with E-state index >= 15 is 0 Å². The van der Waals surface area contributed by atoms with Crippen LogP contribution in [0.2, 0.25) is 0 Å². The highest BCUT2D eigenvalue weighted by molar-refractivity contribution is 7.12. The Morgan fingerprint density at radius 3 is 2.57 bits per heavy atom. The van der Waals surface area contributed by atoms with Crippen LogP contribution in [0, 0.1) is 13.8 Å². The molecule has 0 aliphatic rings. The van der Waals surface area contributed by atoms with Gasteiger partial charge in [0.25, 0.3) is 0 Å².